The monoisotopic (exact) mass is 301 g/mol. The summed E-state index contributed by atoms with van der Waals surface area (Å²) in [7, 11) is -3.42. The summed E-state index contributed by atoms with van der Waals surface area (Å²) in [6, 6.07) is 8.54. The van der Waals surface area contributed by atoms with Crippen LogP contribution in [0.3, 0.4) is 0 Å². The number of fused-ring (bicyclic) bond motifs is 1. The molecule has 1 aromatic carbocycles. The maximum absolute atomic E-state index is 11.9. The third-order valence-electron chi connectivity index (χ3n) is 3.05. The summed E-state index contributed by atoms with van der Waals surface area (Å²) in [5, 5.41) is 0. The molecule has 0 unspecified atom stereocenters. The predicted octanol–water partition coefficient (Wildman–Crippen LogP) is 1.72. The molecule has 0 fully saturated rings. The van der Waals surface area contributed by atoms with Gasteiger partial charge in [0.25, 0.3) is 0 Å². The van der Waals surface area contributed by atoms with Gasteiger partial charge in [0, 0.05) is 18.3 Å². The van der Waals surface area contributed by atoms with Crippen molar-refractivity contribution in [2.45, 2.75) is 11.8 Å². The molecule has 107 valence electrons. The fraction of sp³-hybridized carbons (Fsp3) is 0.143. The number of benzene rings is 1. The van der Waals surface area contributed by atoms with E-state index in [0.717, 1.165) is 16.6 Å². The summed E-state index contributed by atoms with van der Waals surface area (Å²) < 4.78 is 26.2. The molecule has 7 heteroatoms. The number of nitrogens with zero attached hydrogens (tertiary/aromatic N) is 2. The van der Waals surface area contributed by atoms with Crippen LogP contribution in [0.5, 0.6) is 0 Å². The second-order valence-corrected chi connectivity index (χ2v) is 6.23. The number of aromatic amines is 1. The summed E-state index contributed by atoms with van der Waals surface area (Å²) >= 11 is 0. The molecule has 0 aliphatic heterocycles. The molecule has 21 heavy (non-hydrogen) atoms. The Hall–Kier alpha value is -2.25. The van der Waals surface area contributed by atoms with Crippen LogP contribution in [0.15, 0.2) is 41.4 Å². The molecule has 2 aromatic heterocycles. The van der Waals surface area contributed by atoms with Gasteiger partial charge in [0.2, 0.25) is 10.0 Å². The molecule has 0 bridgehead atoms. The maximum Gasteiger partial charge on any atom is 0.240 e. The lowest BCUT2D eigenvalue weighted by atomic mass is 10.1. The van der Waals surface area contributed by atoms with E-state index in [1.807, 2.05) is 6.07 Å². The van der Waals surface area contributed by atoms with Gasteiger partial charge in [0.05, 0.1) is 4.90 Å². The van der Waals surface area contributed by atoms with Gasteiger partial charge in [-0.15, -0.1) is 0 Å². The first-order valence-electron chi connectivity index (χ1n) is 6.42. The first-order chi connectivity index (χ1) is 10.1. The van der Waals surface area contributed by atoms with E-state index in [1.165, 1.54) is 0 Å². The van der Waals surface area contributed by atoms with E-state index < -0.39 is 10.0 Å². The van der Waals surface area contributed by atoms with E-state index in [0.29, 0.717) is 12.2 Å². The minimum Gasteiger partial charge on any atom is -0.320 e. The van der Waals surface area contributed by atoms with Gasteiger partial charge in [-0.05, 0) is 23.8 Å². The Bertz CT molecular complexity index is 869. The zero-order valence-corrected chi connectivity index (χ0v) is 12.1. The van der Waals surface area contributed by atoms with E-state index in [4.69, 9.17) is 0 Å². The number of H-pyrrole nitrogens is 1. The van der Waals surface area contributed by atoms with Crippen LogP contribution in [0.2, 0.25) is 0 Å². The summed E-state index contributed by atoms with van der Waals surface area (Å²) in [6.45, 7) is 2.11. The molecule has 0 saturated carbocycles. The quantitative estimate of drug-likeness (QED) is 0.768. The van der Waals surface area contributed by atoms with Crippen LogP contribution in [-0.4, -0.2) is 29.9 Å². The lowest BCUT2D eigenvalue weighted by Gasteiger charge is -2.06. The molecule has 0 spiro atoms. The van der Waals surface area contributed by atoms with E-state index in [1.54, 1.807) is 37.4 Å². The number of hydrogen-bond donors (Lipinski definition) is 2. The van der Waals surface area contributed by atoms with Crippen molar-refractivity contribution in [1.29, 1.82) is 0 Å². The second-order valence-electron chi connectivity index (χ2n) is 4.47. The van der Waals surface area contributed by atoms with Gasteiger partial charge < -0.3 is 4.98 Å². The van der Waals surface area contributed by atoms with Crippen LogP contribution in [0.4, 0.5) is 0 Å². The smallest absolute Gasteiger partial charge is 0.240 e. The van der Waals surface area contributed by atoms with Gasteiger partial charge in [-0.25, -0.2) is 23.1 Å². The summed E-state index contributed by atoms with van der Waals surface area (Å²) in [5.74, 6) is 0. The number of aromatic nitrogens is 3. The Balaban J connectivity index is 1.97. The number of hydrogen-bond acceptors (Lipinski definition) is 4. The van der Waals surface area contributed by atoms with Gasteiger partial charge in [0.1, 0.15) is 5.52 Å². The molecule has 2 heterocycles. The van der Waals surface area contributed by atoms with Crippen LogP contribution in [0.1, 0.15) is 6.92 Å². The number of rotatable bonds is 4. The van der Waals surface area contributed by atoms with Crippen molar-refractivity contribution in [2.24, 2.45) is 0 Å². The SMILES string of the molecule is CCNS(=O)(=O)c1ccc(-c2cnc3[nH][c]nc3c2)cc1. The van der Waals surface area contributed by atoms with E-state index in [-0.39, 0.29) is 4.90 Å². The van der Waals surface area contributed by atoms with Crippen molar-refractivity contribution in [2.75, 3.05) is 6.54 Å². The average molecular weight is 301 g/mol. The number of sulfonamides is 1. The van der Waals surface area contributed by atoms with Crippen molar-refractivity contribution in [3.8, 4) is 11.1 Å². The molecular weight excluding hydrogens is 288 g/mol. The molecule has 2 N–H and O–H groups in total. The Labute approximate surface area is 122 Å². The maximum atomic E-state index is 11.9. The normalized spacial score (nSPS) is 11.9. The van der Waals surface area contributed by atoms with Crippen molar-refractivity contribution < 1.29 is 8.42 Å². The van der Waals surface area contributed by atoms with Crippen molar-refractivity contribution in [3.05, 3.63) is 42.9 Å². The van der Waals surface area contributed by atoms with Crippen molar-refractivity contribution >= 4 is 21.2 Å². The zero-order chi connectivity index (χ0) is 14.9. The largest absolute Gasteiger partial charge is 0.320 e. The minimum absolute atomic E-state index is 0.246. The van der Waals surface area contributed by atoms with E-state index >= 15 is 0 Å². The molecule has 3 rings (SSSR count). The zero-order valence-electron chi connectivity index (χ0n) is 11.3. The van der Waals surface area contributed by atoms with Crippen LogP contribution in [0.25, 0.3) is 22.3 Å². The van der Waals surface area contributed by atoms with Gasteiger partial charge >= 0.3 is 0 Å². The highest BCUT2D eigenvalue weighted by Crippen LogP contribution is 2.22. The lowest BCUT2D eigenvalue weighted by molar-refractivity contribution is 0.584. The highest BCUT2D eigenvalue weighted by Gasteiger charge is 2.12. The van der Waals surface area contributed by atoms with Gasteiger partial charge in [-0.3, -0.25) is 0 Å². The standard InChI is InChI=1S/C14H13N4O2S/c1-2-18-21(19,20)12-5-3-10(4-6-12)11-7-13-14(15-8-11)17-9-16-13/h3-8,18H,2H2,1H3,(H,15,16,17). The van der Waals surface area contributed by atoms with Crippen molar-refractivity contribution in [1.82, 2.24) is 19.7 Å². The molecule has 0 saturated heterocycles. The Morgan fingerprint density at radius 1 is 1.24 bits per heavy atom. The first kappa shape index (κ1) is 13.7. The fourth-order valence-corrected chi connectivity index (χ4v) is 3.07. The molecule has 6 nitrogen and oxygen atoms in total. The Kier molecular flexibility index (Phi) is 3.44. The Morgan fingerprint density at radius 3 is 2.71 bits per heavy atom. The van der Waals surface area contributed by atoms with Crippen LogP contribution < -0.4 is 4.72 Å². The molecule has 3 aromatic rings. The highest BCUT2D eigenvalue weighted by molar-refractivity contribution is 7.89. The summed E-state index contributed by atoms with van der Waals surface area (Å²) in [4.78, 5) is 11.3. The van der Waals surface area contributed by atoms with Gasteiger partial charge in [-0.2, -0.15) is 0 Å². The number of pyridine rings is 1. The predicted molar refractivity (Wildman–Crippen MR) is 79.0 cm³/mol. The minimum atomic E-state index is -3.42. The topological polar surface area (TPSA) is 87.7 Å². The third kappa shape index (κ3) is 2.65. The summed E-state index contributed by atoms with van der Waals surface area (Å²) in [5.41, 5.74) is 3.14. The van der Waals surface area contributed by atoms with Gasteiger partial charge in [-0.1, -0.05) is 19.1 Å². The highest BCUT2D eigenvalue weighted by atomic mass is 32.2. The molecule has 0 atom stereocenters. The first-order valence-corrected chi connectivity index (χ1v) is 7.90. The van der Waals surface area contributed by atoms with Crippen LogP contribution >= 0.6 is 0 Å². The lowest BCUT2D eigenvalue weighted by Crippen LogP contribution is -2.22. The molecule has 1 radical (unpaired) electrons. The van der Waals surface area contributed by atoms with Gasteiger partial charge in [0.15, 0.2) is 12.0 Å². The molecule has 0 amide bonds. The molecule has 0 aliphatic carbocycles. The summed E-state index contributed by atoms with van der Waals surface area (Å²) in [6.07, 6.45) is 4.34. The fourth-order valence-electron chi connectivity index (χ4n) is 2.03. The number of nitrogens with one attached hydrogen (secondary N) is 2. The molecular formula is C14H13N4O2S. The average Bonchev–Trinajstić information content (AvgIpc) is 2.94. The second kappa shape index (κ2) is 5.27. The third-order valence-corrected chi connectivity index (χ3v) is 4.61. The molecule has 0 aliphatic rings. The Morgan fingerprint density at radius 2 is 2.00 bits per heavy atom. The van der Waals surface area contributed by atoms with E-state index in [2.05, 4.69) is 26.0 Å². The van der Waals surface area contributed by atoms with Crippen LogP contribution in [-0.2, 0) is 10.0 Å². The number of imidazole rings is 1. The van der Waals surface area contributed by atoms with Crippen LogP contribution in [0, 0.1) is 6.33 Å². The van der Waals surface area contributed by atoms with Crippen molar-refractivity contribution in [3.63, 3.8) is 0 Å². The van der Waals surface area contributed by atoms with E-state index in [9.17, 15) is 8.42 Å².